The number of fused-ring (bicyclic) bond motifs is 2. The number of carbonyl (C=O) groups excluding carboxylic acids is 1. The number of ether oxygens (including phenoxy) is 1. The smallest absolute Gasteiger partial charge is 0.306 e. The van der Waals surface area contributed by atoms with Gasteiger partial charge in [-0.2, -0.15) is 0 Å². The number of pyridine rings is 1. The van der Waals surface area contributed by atoms with Crippen molar-refractivity contribution in [1.82, 2.24) is 4.98 Å². The van der Waals surface area contributed by atoms with E-state index in [1.807, 2.05) is 48.5 Å². The van der Waals surface area contributed by atoms with Gasteiger partial charge in [-0.1, -0.05) is 36.4 Å². The van der Waals surface area contributed by atoms with E-state index in [9.17, 15) is 13.2 Å². The number of hydrogen-bond acceptors (Lipinski definition) is 6. The molecule has 0 unspecified atom stereocenters. The van der Waals surface area contributed by atoms with Crippen molar-refractivity contribution in [2.45, 2.75) is 6.42 Å². The average molecular weight is 436 g/mol. The maximum absolute atomic E-state index is 12.1. The maximum atomic E-state index is 12.1. The van der Waals surface area contributed by atoms with Gasteiger partial charge >= 0.3 is 5.97 Å². The highest BCUT2D eigenvalue weighted by atomic mass is 32.2. The van der Waals surface area contributed by atoms with Gasteiger partial charge in [0, 0.05) is 22.1 Å². The Balaban J connectivity index is 1.58. The number of nitrogens with zero attached hydrogens (tertiary/aromatic N) is 1. The zero-order chi connectivity index (χ0) is 21.8. The van der Waals surface area contributed by atoms with Crippen LogP contribution in [0.2, 0.25) is 0 Å². The van der Waals surface area contributed by atoms with Crippen LogP contribution < -0.4 is 10.0 Å². The van der Waals surface area contributed by atoms with Gasteiger partial charge in [-0.05, 0) is 36.4 Å². The molecule has 0 fully saturated rings. The van der Waals surface area contributed by atoms with E-state index in [0.29, 0.717) is 5.69 Å². The lowest BCUT2D eigenvalue weighted by molar-refractivity contribution is -0.140. The van der Waals surface area contributed by atoms with Gasteiger partial charge in [0.1, 0.15) is 0 Å². The summed E-state index contributed by atoms with van der Waals surface area (Å²) in [5, 5.41) is 5.44. The van der Waals surface area contributed by atoms with Crippen molar-refractivity contribution in [3.8, 4) is 0 Å². The molecular formula is C23H21N3O4S. The highest BCUT2D eigenvalue weighted by Crippen LogP contribution is 2.33. The second-order valence-electron chi connectivity index (χ2n) is 6.97. The lowest BCUT2D eigenvalue weighted by atomic mass is 10.1. The minimum atomic E-state index is -3.65. The molecule has 0 atom stereocenters. The monoisotopic (exact) mass is 435 g/mol. The highest BCUT2D eigenvalue weighted by molar-refractivity contribution is 7.92. The molecule has 0 spiro atoms. The molecule has 7 nitrogen and oxygen atoms in total. The van der Waals surface area contributed by atoms with Crippen molar-refractivity contribution in [2.24, 2.45) is 0 Å². The number of carbonyl (C=O) groups is 1. The molecule has 31 heavy (non-hydrogen) atoms. The molecule has 2 N–H and O–H groups in total. The van der Waals surface area contributed by atoms with Gasteiger partial charge in [0.15, 0.2) is 0 Å². The van der Waals surface area contributed by atoms with Crippen LogP contribution in [0.1, 0.15) is 6.42 Å². The number of methoxy groups -OCH3 is 1. The number of anilines is 3. The molecule has 4 rings (SSSR count). The predicted molar refractivity (Wildman–Crippen MR) is 123 cm³/mol. The summed E-state index contributed by atoms with van der Waals surface area (Å²) in [6.07, 6.45) is -0.201. The molecule has 0 bridgehead atoms. The molecule has 0 saturated carbocycles. The predicted octanol–water partition coefficient (Wildman–Crippen LogP) is 4.44. The number of benzene rings is 3. The van der Waals surface area contributed by atoms with E-state index in [-0.39, 0.29) is 12.2 Å². The molecule has 1 heterocycles. The van der Waals surface area contributed by atoms with Crippen LogP contribution >= 0.6 is 0 Å². The Hall–Kier alpha value is -3.65. The zero-order valence-electron chi connectivity index (χ0n) is 16.8. The first-order valence-corrected chi connectivity index (χ1v) is 11.3. The number of para-hydroxylation sites is 2. The van der Waals surface area contributed by atoms with Crippen LogP contribution in [-0.4, -0.2) is 32.2 Å². The van der Waals surface area contributed by atoms with Crippen molar-refractivity contribution in [1.29, 1.82) is 0 Å². The fraction of sp³-hybridized carbons (Fsp3) is 0.130. The van der Waals surface area contributed by atoms with Crippen molar-refractivity contribution in [3.63, 3.8) is 0 Å². The van der Waals surface area contributed by atoms with Gasteiger partial charge in [-0.15, -0.1) is 0 Å². The minimum absolute atomic E-state index is 0.201. The van der Waals surface area contributed by atoms with Crippen LogP contribution in [0.3, 0.4) is 0 Å². The zero-order valence-corrected chi connectivity index (χ0v) is 17.6. The number of rotatable bonds is 7. The Morgan fingerprint density at radius 1 is 0.871 bits per heavy atom. The first kappa shape index (κ1) is 20.6. The normalized spacial score (nSPS) is 11.4. The molecule has 0 amide bonds. The number of esters is 1. The van der Waals surface area contributed by atoms with E-state index < -0.39 is 16.0 Å². The molecule has 0 aliphatic carbocycles. The Morgan fingerprint density at radius 3 is 2.00 bits per heavy atom. The van der Waals surface area contributed by atoms with E-state index in [1.54, 1.807) is 24.3 Å². The second-order valence-corrected chi connectivity index (χ2v) is 8.81. The molecule has 158 valence electrons. The van der Waals surface area contributed by atoms with Gasteiger partial charge in [0.25, 0.3) is 0 Å². The first-order chi connectivity index (χ1) is 14.9. The fourth-order valence-corrected chi connectivity index (χ4v) is 4.32. The molecular weight excluding hydrogens is 414 g/mol. The van der Waals surface area contributed by atoms with E-state index in [0.717, 1.165) is 33.2 Å². The van der Waals surface area contributed by atoms with E-state index in [1.165, 1.54) is 7.11 Å². The fourth-order valence-electron chi connectivity index (χ4n) is 3.29. The Morgan fingerprint density at radius 2 is 1.42 bits per heavy atom. The van der Waals surface area contributed by atoms with Crippen molar-refractivity contribution < 1.29 is 17.9 Å². The van der Waals surface area contributed by atoms with Crippen molar-refractivity contribution >= 4 is 54.9 Å². The van der Waals surface area contributed by atoms with Gasteiger partial charge in [0.05, 0.1) is 36.0 Å². The van der Waals surface area contributed by atoms with Crippen LogP contribution in [0.15, 0.2) is 72.8 Å². The minimum Gasteiger partial charge on any atom is -0.469 e. The summed E-state index contributed by atoms with van der Waals surface area (Å²) < 4.78 is 31.3. The Labute approximate surface area is 180 Å². The Bertz CT molecular complexity index is 1300. The molecule has 3 aromatic carbocycles. The van der Waals surface area contributed by atoms with Crippen molar-refractivity contribution in [2.75, 3.05) is 22.9 Å². The summed E-state index contributed by atoms with van der Waals surface area (Å²) in [6.45, 7) is 0. The summed E-state index contributed by atoms with van der Waals surface area (Å²) in [5.74, 6) is -0.906. The summed E-state index contributed by atoms with van der Waals surface area (Å²) in [6, 6.07) is 22.7. The average Bonchev–Trinajstić information content (AvgIpc) is 2.78. The van der Waals surface area contributed by atoms with Crippen molar-refractivity contribution in [3.05, 3.63) is 72.8 Å². The van der Waals surface area contributed by atoms with Gasteiger partial charge in [0.2, 0.25) is 10.0 Å². The third-order valence-corrected chi connectivity index (χ3v) is 6.11. The number of nitrogens with one attached hydrogen (secondary N) is 2. The van der Waals surface area contributed by atoms with Crippen LogP contribution in [0, 0.1) is 0 Å². The van der Waals surface area contributed by atoms with E-state index in [4.69, 9.17) is 4.98 Å². The highest BCUT2D eigenvalue weighted by Gasteiger charge is 2.14. The van der Waals surface area contributed by atoms with Crippen LogP contribution in [0.25, 0.3) is 21.8 Å². The Kier molecular flexibility index (Phi) is 5.73. The summed E-state index contributed by atoms with van der Waals surface area (Å²) in [7, 11) is -2.42. The molecule has 1 aromatic heterocycles. The largest absolute Gasteiger partial charge is 0.469 e. The molecule has 8 heteroatoms. The SMILES string of the molecule is COC(=O)CCS(=O)(=O)Nc1ccc(Nc2c3ccccc3nc3ccccc23)cc1. The van der Waals surface area contributed by atoms with Crippen LogP contribution in [0.5, 0.6) is 0 Å². The molecule has 0 aliphatic heterocycles. The maximum Gasteiger partial charge on any atom is 0.306 e. The van der Waals surface area contributed by atoms with Crippen LogP contribution in [0.4, 0.5) is 17.1 Å². The van der Waals surface area contributed by atoms with Gasteiger partial charge in [-0.3, -0.25) is 9.52 Å². The van der Waals surface area contributed by atoms with Gasteiger partial charge in [-0.25, -0.2) is 13.4 Å². The van der Waals surface area contributed by atoms with Gasteiger partial charge < -0.3 is 10.1 Å². The van der Waals surface area contributed by atoms with E-state index in [2.05, 4.69) is 14.8 Å². The second kappa shape index (κ2) is 8.61. The summed E-state index contributed by atoms with van der Waals surface area (Å²) in [5.41, 5.74) is 3.93. The first-order valence-electron chi connectivity index (χ1n) is 9.67. The molecule has 0 aliphatic rings. The third-order valence-electron chi connectivity index (χ3n) is 4.82. The number of sulfonamides is 1. The standard InChI is InChI=1S/C23H21N3O4S/c1-30-22(27)14-15-31(28,29)26-17-12-10-16(11-13-17)24-23-18-6-2-4-8-20(18)25-21-9-5-3-7-19(21)23/h2-13,26H,14-15H2,1H3,(H,24,25). The lowest BCUT2D eigenvalue weighted by Crippen LogP contribution is -2.19. The van der Waals surface area contributed by atoms with Crippen LogP contribution in [-0.2, 0) is 19.6 Å². The number of aromatic nitrogens is 1. The molecule has 0 radical (unpaired) electrons. The summed E-state index contributed by atoms with van der Waals surface area (Å²) >= 11 is 0. The summed E-state index contributed by atoms with van der Waals surface area (Å²) in [4.78, 5) is 15.9. The quantitative estimate of drug-likeness (QED) is 0.329. The molecule has 0 saturated heterocycles. The number of hydrogen-bond donors (Lipinski definition) is 2. The third kappa shape index (κ3) is 4.75. The van der Waals surface area contributed by atoms with E-state index >= 15 is 0 Å². The molecule has 4 aromatic rings. The lowest BCUT2D eigenvalue weighted by Gasteiger charge is -2.14. The topological polar surface area (TPSA) is 97.4 Å².